The van der Waals surface area contributed by atoms with Crippen molar-refractivity contribution in [3.05, 3.63) is 69.0 Å². The number of halogens is 1. The largest absolute Gasteiger partial charge is 0.379 e. The molecule has 90 valence electrons. The van der Waals surface area contributed by atoms with Crippen LogP contribution >= 0.6 is 11.6 Å². The van der Waals surface area contributed by atoms with Crippen molar-refractivity contribution in [3.63, 3.8) is 0 Å². The van der Waals surface area contributed by atoms with Crippen LogP contribution in [0.15, 0.2) is 53.3 Å². The molecule has 4 nitrogen and oxygen atoms in total. The molecule has 1 aromatic carbocycles. The summed E-state index contributed by atoms with van der Waals surface area (Å²) in [7, 11) is 0. The molecule has 1 rings (SSSR count). The summed E-state index contributed by atoms with van der Waals surface area (Å²) in [6.07, 6.45) is 0. The van der Waals surface area contributed by atoms with Crippen LogP contribution in [0.5, 0.6) is 0 Å². The van der Waals surface area contributed by atoms with Crippen LogP contribution in [0.2, 0.25) is 0 Å². The number of hydrogen-bond donors (Lipinski definition) is 1. The Balaban J connectivity index is 2.77. The molecular weight excluding hydrogens is 240 g/mol. The fraction of sp³-hybridized carbons (Fsp3) is 0.167. The van der Waals surface area contributed by atoms with Crippen molar-refractivity contribution >= 4 is 11.6 Å². The summed E-state index contributed by atoms with van der Waals surface area (Å²) in [6, 6.07) is 9.59. The van der Waals surface area contributed by atoms with E-state index in [0.717, 1.165) is 5.56 Å². The van der Waals surface area contributed by atoms with Crippen molar-refractivity contribution in [2.75, 3.05) is 0 Å². The van der Waals surface area contributed by atoms with Crippen LogP contribution in [-0.4, -0.2) is 4.92 Å². The fourth-order valence-corrected chi connectivity index (χ4v) is 1.56. The van der Waals surface area contributed by atoms with E-state index in [4.69, 9.17) is 11.6 Å². The van der Waals surface area contributed by atoms with Gasteiger partial charge in [-0.25, -0.2) is 0 Å². The number of nitrogens with one attached hydrogen (secondary N) is 1. The van der Waals surface area contributed by atoms with Gasteiger partial charge in [-0.1, -0.05) is 48.5 Å². The summed E-state index contributed by atoms with van der Waals surface area (Å²) in [4.78, 5) is 10.2. The summed E-state index contributed by atoms with van der Waals surface area (Å²) >= 11 is 5.58. The highest BCUT2D eigenvalue weighted by atomic mass is 35.5. The molecule has 0 aliphatic heterocycles. The molecule has 0 fully saturated rings. The molecule has 0 aliphatic rings. The maximum Gasteiger partial charge on any atom is 0.305 e. The van der Waals surface area contributed by atoms with Crippen molar-refractivity contribution in [2.24, 2.45) is 0 Å². The van der Waals surface area contributed by atoms with Crippen molar-refractivity contribution in [1.29, 1.82) is 0 Å². The first-order chi connectivity index (χ1) is 8.02. The lowest BCUT2D eigenvalue weighted by Crippen LogP contribution is -2.16. The van der Waals surface area contributed by atoms with Crippen LogP contribution in [0, 0.1) is 10.1 Å². The van der Waals surface area contributed by atoms with Crippen molar-refractivity contribution in [1.82, 2.24) is 5.32 Å². The Labute approximate surface area is 105 Å². The minimum absolute atomic E-state index is 0.0759. The van der Waals surface area contributed by atoms with Gasteiger partial charge in [-0.2, -0.15) is 0 Å². The maximum absolute atomic E-state index is 10.8. The van der Waals surface area contributed by atoms with Gasteiger partial charge in [-0.05, 0) is 12.5 Å². The predicted molar refractivity (Wildman–Crippen MR) is 68.0 cm³/mol. The number of benzene rings is 1. The van der Waals surface area contributed by atoms with E-state index >= 15 is 0 Å². The topological polar surface area (TPSA) is 55.2 Å². The van der Waals surface area contributed by atoms with Crippen LogP contribution in [-0.2, 0) is 6.54 Å². The fourth-order valence-electron chi connectivity index (χ4n) is 1.35. The standard InChI is InChI=1S/C12H13ClN2O2/c1-9(13)12(15(16)17)10(2)14-8-11-6-4-3-5-7-11/h3-7,14H,1,8H2,2H3/b12-10-. The molecule has 1 aromatic rings. The van der Waals surface area contributed by atoms with E-state index < -0.39 is 4.92 Å². The predicted octanol–water partition coefficient (Wildman–Crippen LogP) is 3.04. The van der Waals surface area contributed by atoms with Gasteiger partial charge in [-0.15, -0.1) is 0 Å². The first-order valence-corrected chi connectivity index (χ1v) is 5.38. The van der Waals surface area contributed by atoms with E-state index in [0.29, 0.717) is 12.2 Å². The van der Waals surface area contributed by atoms with Gasteiger partial charge in [0.1, 0.15) is 5.03 Å². The Kier molecular flexibility index (Phi) is 4.72. The number of rotatable bonds is 5. The second kappa shape index (κ2) is 6.06. The summed E-state index contributed by atoms with van der Waals surface area (Å²) in [5, 5.41) is 13.6. The number of nitrogens with zero attached hydrogens (tertiary/aromatic N) is 1. The molecule has 0 amide bonds. The lowest BCUT2D eigenvalue weighted by atomic mass is 10.2. The molecule has 0 aromatic heterocycles. The zero-order chi connectivity index (χ0) is 12.8. The third-order valence-corrected chi connectivity index (χ3v) is 2.37. The molecule has 17 heavy (non-hydrogen) atoms. The van der Waals surface area contributed by atoms with Crippen LogP contribution in [0.1, 0.15) is 12.5 Å². The Morgan fingerprint density at radius 2 is 2.06 bits per heavy atom. The van der Waals surface area contributed by atoms with Crippen molar-refractivity contribution < 1.29 is 4.92 Å². The quantitative estimate of drug-likeness (QED) is 0.498. The average molecular weight is 253 g/mol. The van der Waals surface area contributed by atoms with E-state index in [2.05, 4.69) is 11.9 Å². The third-order valence-electron chi connectivity index (χ3n) is 2.20. The summed E-state index contributed by atoms with van der Waals surface area (Å²) < 4.78 is 0. The van der Waals surface area contributed by atoms with Crippen LogP contribution < -0.4 is 5.32 Å². The third kappa shape index (κ3) is 3.92. The van der Waals surface area contributed by atoms with Gasteiger partial charge in [-0.3, -0.25) is 10.1 Å². The Morgan fingerprint density at radius 3 is 2.53 bits per heavy atom. The second-order valence-corrected chi connectivity index (χ2v) is 3.93. The van der Waals surface area contributed by atoms with E-state index in [1.165, 1.54) is 0 Å². The Bertz CT molecular complexity index is 439. The highest BCUT2D eigenvalue weighted by molar-refractivity contribution is 6.31. The second-order valence-electron chi connectivity index (χ2n) is 3.47. The van der Waals surface area contributed by atoms with Gasteiger partial charge in [0.2, 0.25) is 0 Å². The van der Waals surface area contributed by atoms with E-state index in [-0.39, 0.29) is 10.7 Å². The molecule has 1 N–H and O–H groups in total. The van der Waals surface area contributed by atoms with Crippen LogP contribution in [0.4, 0.5) is 0 Å². The highest BCUT2D eigenvalue weighted by Crippen LogP contribution is 2.16. The first-order valence-electron chi connectivity index (χ1n) is 5.00. The number of allylic oxidation sites excluding steroid dienone is 2. The molecule has 0 heterocycles. The Hall–Kier alpha value is -1.81. The molecule has 0 bridgehead atoms. The van der Waals surface area contributed by atoms with Gasteiger partial charge < -0.3 is 5.32 Å². The van der Waals surface area contributed by atoms with Gasteiger partial charge in [0, 0.05) is 6.54 Å². The SMILES string of the molecule is C=C(Cl)/C(=C(\C)NCc1ccccc1)[N+](=O)[O-]. The Morgan fingerprint density at radius 1 is 1.47 bits per heavy atom. The van der Waals surface area contributed by atoms with Gasteiger partial charge in [0.05, 0.1) is 10.6 Å². The van der Waals surface area contributed by atoms with E-state index in [1.807, 2.05) is 30.3 Å². The monoisotopic (exact) mass is 252 g/mol. The van der Waals surface area contributed by atoms with Crippen LogP contribution in [0.25, 0.3) is 0 Å². The molecule has 0 aliphatic carbocycles. The zero-order valence-electron chi connectivity index (χ0n) is 9.44. The maximum atomic E-state index is 10.8. The van der Waals surface area contributed by atoms with Crippen molar-refractivity contribution in [2.45, 2.75) is 13.5 Å². The van der Waals surface area contributed by atoms with Crippen molar-refractivity contribution in [3.8, 4) is 0 Å². The van der Waals surface area contributed by atoms with Gasteiger partial charge in [0.15, 0.2) is 0 Å². The molecule has 0 spiro atoms. The number of nitro groups is 1. The van der Waals surface area contributed by atoms with Crippen LogP contribution in [0.3, 0.4) is 0 Å². The van der Waals surface area contributed by atoms with Gasteiger partial charge >= 0.3 is 5.70 Å². The highest BCUT2D eigenvalue weighted by Gasteiger charge is 2.17. The average Bonchev–Trinajstić information content (AvgIpc) is 2.27. The summed E-state index contributed by atoms with van der Waals surface area (Å²) in [6.45, 7) is 5.49. The molecule has 0 unspecified atom stereocenters. The smallest absolute Gasteiger partial charge is 0.305 e. The van der Waals surface area contributed by atoms with E-state index in [9.17, 15) is 10.1 Å². The molecule has 0 saturated heterocycles. The molecule has 5 heteroatoms. The minimum Gasteiger partial charge on any atom is -0.379 e. The summed E-state index contributed by atoms with van der Waals surface area (Å²) in [5.74, 6) is 0. The first kappa shape index (κ1) is 13.3. The lowest BCUT2D eigenvalue weighted by Gasteiger charge is -2.07. The number of hydrogen-bond acceptors (Lipinski definition) is 3. The normalized spacial score (nSPS) is 11.6. The summed E-state index contributed by atoms with van der Waals surface area (Å²) in [5.41, 5.74) is 1.26. The minimum atomic E-state index is -0.539. The molecular formula is C12H13ClN2O2. The van der Waals surface area contributed by atoms with Gasteiger partial charge in [0.25, 0.3) is 0 Å². The van der Waals surface area contributed by atoms with E-state index in [1.54, 1.807) is 6.92 Å². The zero-order valence-corrected chi connectivity index (χ0v) is 10.2. The molecule has 0 saturated carbocycles. The molecule has 0 atom stereocenters. The molecule has 0 radical (unpaired) electrons. The lowest BCUT2D eigenvalue weighted by molar-refractivity contribution is -0.421.